The number of hydrogen-bond acceptors (Lipinski definition) is 5. The fourth-order valence-corrected chi connectivity index (χ4v) is 6.65. The number of anilines is 1. The SMILES string of the molecule is CC(C)(N)CC(=O)NC1CC(Sc2ccccc2)c2ccccc2N(Cc2ccc(-c3ccccc3C(N)=O)cc2)C1=O. The van der Waals surface area contributed by atoms with E-state index in [-0.39, 0.29) is 23.5 Å². The van der Waals surface area contributed by atoms with Crippen LogP contribution >= 0.6 is 11.8 Å². The summed E-state index contributed by atoms with van der Waals surface area (Å²) in [5.41, 5.74) is 15.9. The minimum absolute atomic E-state index is 0.0728. The molecule has 3 amide bonds. The molecule has 0 aromatic heterocycles. The molecule has 0 fully saturated rings. The number of carbonyl (C=O) groups is 3. The van der Waals surface area contributed by atoms with Gasteiger partial charge in [-0.05, 0) is 66.8 Å². The van der Waals surface area contributed by atoms with Crippen LogP contribution in [0.2, 0.25) is 0 Å². The Morgan fingerprint density at radius 3 is 2.26 bits per heavy atom. The molecule has 0 radical (unpaired) electrons. The van der Waals surface area contributed by atoms with Crippen molar-refractivity contribution in [2.75, 3.05) is 4.90 Å². The molecule has 2 unspecified atom stereocenters. The van der Waals surface area contributed by atoms with Gasteiger partial charge in [0.25, 0.3) is 0 Å². The lowest BCUT2D eigenvalue weighted by atomic mass is 9.98. The standard InChI is InChI=1S/C35H36N4O3S/c1-35(2,37)21-32(40)38-29-20-31(43-25-10-4-3-5-11-25)28-14-8-9-15-30(28)39(34(29)42)22-23-16-18-24(19-17-23)26-12-6-7-13-27(26)33(36)41/h3-19,29,31H,20-22,37H2,1-2H3,(H2,36,41)(H,38,40). The summed E-state index contributed by atoms with van der Waals surface area (Å²) < 4.78 is 0. The average Bonchev–Trinajstić information content (AvgIpc) is 3.08. The van der Waals surface area contributed by atoms with Crippen LogP contribution in [0.4, 0.5) is 5.69 Å². The van der Waals surface area contributed by atoms with Crippen molar-refractivity contribution in [3.8, 4) is 11.1 Å². The Kier molecular flexibility index (Phi) is 8.99. The van der Waals surface area contributed by atoms with Gasteiger partial charge in [-0.25, -0.2) is 0 Å². The van der Waals surface area contributed by atoms with E-state index in [2.05, 4.69) is 23.5 Å². The summed E-state index contributed by atoms with van der Waals surface area (Å²) in [5, 5.41) is 2.94. The van der Waals surface area contributed by atoms with Gasteiger partial charge in [-0.1, -0.05) is 78.9 Å². The minimum atomic E-state index is -0.731. The van der Waals surface area contributed by atoms with Crippen molar-refractivity contribution in [2.24, 2.45) is 11.5 Å². The van der Waals surface area contributed by atoms with Crippen LogP contribution in [-0.4, -0.2) is 29.3 Å². The highest BCUT2D eigenvalue weighted by Crippen LogP contribution is 2.45. The summed E-state index contributed by atoms with van der Waals surface area (Å²) in [5.74, 6) is -0.909. The molecule has 4 aromatic rings. The van der Waals surface area contributed by atoms with Gasteiger partial charge in [-0.2, -0.15) is 0 Å². The van der Waals surface area contributed by atoms with Crippen LogP contribution in [0.25, 0.3) is 11.1 Å². The van der Waals surface area contributed by atoms with Crippen LogP contribution in [0.1, 0.15) is 53.4 Å². The van der Waals surface area contributed by atoms with Crippen LogP contribution in [0, 0.1) is 0 Å². The summed E-state index contributed by atoms with van der Waals surface area (Å²) in [6.07, 6.45) is 0.542. The smallest absolute Gasteiger partial charge is 0.249 e. The summed E-state index contributed by atoms with van der Waals surface area (Å²) in [7, 11) is 0. The van der Waals surface area contributed by atoms with E-state index in [1.54, 1.807) is 42.6 Å². The molecule has 5 N–H and O–H groups in total. The van der Waals surface area contributed by atoms with E-state index in [9.17, 15) is 14.4 Å². The number of rotatable bonds is 9. The van der Waals surface area contributed by atoms with Gasteiger partial charge in [0.2, 0.25) is 17.7 Å². The largest absolute Gasteiger partial charge is 0.366 e. The Labute approximate surface area is 256 Å². The number of nitrogens with one attached hydrogen (secondary N) is 1. The lowest BCUT2D eigenvalue weighted by Gasteiger charge is -2.27. The molecule has 1 aliphatic rings. The molecule has 0 saturated heterocycles. The van der Waals surface area contributed by atoms with Crippen LogP contribution < -0.4 is 21.7 Å². The summed E-state index contributed by atoms with van der Waals surface area (Å²) >= 11 is 1.69. The Balaban J connectivity index is 1.49. The Hall–Kier alpha value is -4.40. The normalized spacial score (nSPS) is 16.7. The molecule has 1 aliphatic heterocycles. The Morgan fingerprint density at radius 1 is 0.907 bits per heavy atom. The number of benzene rings is 4. The third kappa shape index (κ3) is 7.34. The molecule has 0 saturated carbocycles. The quantitative estimate of drug-likeness (QED) is 0.226. The second kappa shape index (κ2) is 12.9. The Bertz CT molecular complexity index is 1620. The van der Waals surface area contributed by atoms with Crippen molar-refractivity contribution in [2.45, 2.75) is 55.0 Å². The molecule has 4 aromatic carbocycles. The van der Waals surface area contributed by atoms with Crippen LogP contribution in [0.3, 0.4) is 0 Å². The molecular formula is C35H36N4O3S. The highest BCUT2D eigenvalue weighted by atomic mass is 32.2. The van der Waals surface area contributed by atoms with Crippen molar-refractivity contribution < 1.29 is 14.4 Å². The zero-order valence-corrected chi connectivity index (χ0v) is 25.1. The van der Waals surface area contributed by atoms with E-state index in [1.807, 2.05) is 72.8 Å². The highest BCUT2D eigenvalue weighted by Gasteiger charge is 2.36. The first-order chi connectivity index (χ1) is 20.6. The average molecular weight is 593 g/mol. The fraction of sp³-hybridized carbons (Fsp3) is 0.229. The van der Waals surface area contributed by atoms with E-state index >= 15 is 0 Å². The van der Waals surface area contributed by atoms with E-state index < -0.39 is 17.5 Å². The molecule has 0 spiro atoms. The number of amides is 3. The monoisotopic (exact) mass is 592 g/mol. The van der Waals surface area contributed by atoms with Crippen molar-refractivity contribution >= 4 is 35.2 Å². The minimum Gasteiger partial charge on any atom is -0.366 e. The van der Waals surface area contributed by atoms with Crippen molar-refractivity contribution in [3.63, 3.8) is 0 Å². The van der Waals surface area contributed by atoms with Gasteiger partial charge in [-0.3, -0.25) is 14.4 Å². The summed E-state index contributed by atoms with van der Waals surface area (Å²) in [6, 6.07) is 32.3. The maximum absolute atomic E-state index is 14.2. The molecule has 0 bridgehead atoms. The number of hydrogen-bond donors (Lipinski definition) is 3. The van der Waals surface area contributed by atoms with E-state index in [0.29, 0.717) is 18.5 Å². The van der Waals surface area contributed by atoms with Gasteiger partial charge in [-0.15, -0.1) is 11.8 Å². The second-order valence-electron chi connectivity index (χ2n) is 11.5. The number of nitrogens with two attached hydrogens (primary N) is 2. The molecule has 5 rings (SSSR count). The lowest BCUT2D eigenvalue weighted by Crippen LogP contribution is -2.50. The van der Waals surface area contributed by atoms with Gasteiger partial charge in [0.15, 0.2) is 0 Å². The van der Waals surface area contributed by atoms with Crippen molar-refractivity contribution in [1.82, 2.24) is 5.32 Å². The first-order valence-corrected chi connectivity index (χ1v) is 15.2. The first kappa shape index (κ1) is 30.1. The third-order valence-corrected chi connectivity index (χ3v) is 8.63. The number of fused-ring (bicyclic) bond motifs is 1. The van der Waals surface area contributed by atoms with Gasteiger partial charge in [0.1, 0.15) is 6.04 Å². The van der Waals surface area contributed by atoms with Crippen molar-refractivity contribution in [3.05, 3.63) is 120 Å². The molecule has 2 atom stereocenters. The van der Waals surface area contributed by atoms with E-state index in [1.165, 1.54) is 0 Å². The molecule has 1 heterocycles. The predicted molar refractivity (Wildman–Crippen MR) is 172 cm³/mol. The topological polar surface area (TPSA) is 119 Å². The van der Waals surface area contributed by atoms with Gasteiger partial charge >= 0.3 is 0 Å². The van der Waals surface area contributed by atoms with Gasteiger partial charge < -0.3 is 21.7 Å². The third-order valence-electron chi connectivity index (χ3n) is 7.36. The molecular weight excluding hydrogens is 556 g/mol. The number of carbonyl (C=O) groups excluding carboxylic acids is 3. The molecule has 220 valence electrons. The number of nitrogens with zero attached hydrogens (tertiary/aromatic N) is 1. The van der Waals surface area contributed by atoms with E-state index in [0.717, 1.165) is 32.8 Å². The first-order valence-electron chi connectivity index (χ1n) is 14.3. The number of para-hydroxylation sites is 1. The Morgan fingerprint density at radius 2 is 1.56 bits per heavy atom. The van der Waals surface area contributed by atoms with Gasteiger partial charge in [0.05, 0.1) is 6.54 Å². The lowest BCUT2D eigenvalue weighted by molar-refractivity contribution is -0.128. The highest BCUT2D eigenvalue weighted by molar-refractivity contribution is 7.99. The summed E-state index contributed by atoms with van der Waals surface area (Å²) in [4.78, 5) is 42.1. The zero-order valence-electron chi connectivity index (χ0n) is 24.3. The summed E-state index contributed by atoms with van der Waals surface area (Å²) in [6.45, 7) is 3.90. The van der Waals surface area contributed by atoms with Crippen LogP contribution in [-0.2, 0) is 16.1 Å². The maximum atomic E-state index is 14.2. The van der Waals surface area contributed by atoms with Crippen LogP contribution in [0.5, 0.6) is 0 Å². The zero-order chi connectivity index (χ0) is 30.6. The predicted octanol–water partition coefficient (Wildman–Crippen LogP) is 5.84. The maximum Gasteiger partial charge on any atom is 0.249 e. The van der Waals surface area contributed by atoms with Gasteiger partial charge in [0, 0.05) is 33.4 Å². The molecule has 43 heavy (non-hydrogen) atoms. The number of thioether (sulfide) groups is 1. The second-order valence-corrected chi connectivity index (χ2v) is 12.8. The molecule has 7 nitrogen and oxygen atoms in total. The fourth-order valence-electron chi connectivity index (χ4n) is 5.39. The van der Waals surface area contributed by atoms with Crippen LogP contribution in [0.15, 0.2) is 108 Å². The number of primary amides is 1. The van der Waals surface area contributed by atoms with Crippen molar-refractivity contribution in [1.29, 1.82) is 0 Å². The molecule has 0 aliphatic carbocycles. The molecule has 8 heteroatoms. The van der Waals surface area contributed by atoms with E-state index in [4.69, 9.17) is 11.5 Å².